The van der Waals surface area contributed by atoms with Crippen LogP contribution in [0.5, 0.6) is 0 Å². The summed E-state index contributed by atoms with van der Waals surface area (Å²) in [5.41, 5.74) is 0.743. The molecule has 1 aromatic heterocycles. The lowest BCUT2D eigenvalue weighted by molar-refractivity contribution is 0.0928. The first-order valence-corrected chi connectivity index (χ1v) is 5.72. The van der Waals surface area contributed by atoms with Gasteiger partial charge in [0.15, 0.2) is 5.76 Å². The number of amides is 1. The highest BCUT2D eigenvalue weighted by atomic mass is 35.5. The van der Waals surface area contributed by atoms with Crippen molar-refractivity contribution in [1.29, 1.82) is 0 Å². The Bertz CT molecular complexity index is 477. The molecule has 0 atom stereocenters. The maximum Gasteiger partial charge on any atom is 0.287 e. The number of rotatable bonds is 5. The number of hydrogen-bond acceptors (Lipinski definition) is 3. The van der Waals surface area contributed by atoms with Crippen molar-refractivity contribution in [1.82, 2.24) is 10.6 Å². The summed E-state index contributed by atoms with van der Waals surface area (Å²) < 4.78 is 5.46. The lowest BCUT2D eigenvalue weighted by Crippen LogP contribution is -2.26. The van der Waals surface area contributed by atoms with Gasteiger partial charge in [-0.15, -0.1) is 12.4 Å². The van der Waals surface area contributed by atoms with Crippen LogP contribution in [0.25, 0.3) is 11.0 Å². The van der Waals surface area contributed by atoms with Crippen LogP contribution in [0, 0.1) is 0 Å². The number of hydrogen-bond donors (Lipinski definition) is 2. The highest BCUT2D eigenvalue weighted by Gasteiger charge is 2.10. The SMILES string of the molecule is CNCCCNC(=O)c1cc2ccccc2o1.Cl. The zero-order valence-electron chi connectivity index (χ0n) is 10.2. The van der Waals surface area contributed by atoms with E-state index in [9.17, 15) is 4.79 Å². The molecule has 0 aliphatic heterocycles. The summed E-state index contributed by atoms with van der Waals surface area (Å²) in [6.07, 6.45) is 0.905. The van der Waals surface area contributed by atoms with E-state index in [2.05, 4.69) is 10.6 Å². The second kappa shape index (κ2) is 7.03. The molecule has 1 amide bonds. The number of benzene rings is 1. The van der Waals surface area contributed by atoms with Crippen molar-refractivity contribution in [3.8, 4) is 0 Å². The van der Waals surface area contributed by atoms with Crippen LogP contribution in [0.1, 0.15) is 17.0 Å². The third kappa shape index (κ3) is 3.48. The van der Waals surface area contributed by atoms with E-state index in [1.165, 1.54) is 0 Å². The molecule has 0 aliphatic rings. The molecule has 98 valence electrons. The fraction of sp³-hybridized carbons (Fsp3) is 0.308. The summed E-state index contributed by atoms with van der Waals surface area (Å²) >= 11 is 0. The number of carbonyl (C=O) groups is 1. The Labute approximate surface area is 112 Å². The van der Waals surface area contributed by atoms with E-state index in [1.54, 1.807) is 6.07 Å². The fourth-order valence-corrected chi connectivity index (χ4v) is 1.65. The van der Waals surface area contributed by atoms with E-state index in [0.717, 1.165) is 23.9 Å². The largest absolute Gasteiger partial charge is 0.451 e. The number of para-hydroxylation sites is 1. The van der Waals surface area contributed by atoms with Crippen LogP contribution in [0.4, 0.5) is 0 Å². The van der Waals surface area contributed by atoms with E-state index in [0.29, 0.717) is 12.3 Å². The van der Waals surface area contributed by atoms with Crippen molar-refractivity contribution in [3.63, 3.8) is 0 Å². The minimum Gasteiger partial charge on any atom is -0.451 e. The first kappa shape index (κ1) is 14.5. The average Bonchev–Trinajstić information content (AvgIpc) is 2.78. The molecule has 0 bridgehead atoms. The molecule has 0 saturated heterocycles. The van der Waals surface area contributed by atoms with Crippen molar-refractivity contribution in [2.24, 2.45) is 0 Å². The molecule has 0 aliphatic carbocycles. The van der Waals surface area contributed by atoms with Crippen molar-refractivity contribution in [2.75, 3.05) is 20.1 Å². The minimum atomic E-state index is -0.155. The van der Waals surface area contributed by atoms with Crippen LogP contribution in [-0.4, -0.2) is 26.0 Å². The van der Waals surface area contributed by atoms with E-state index in [1.807, 2.05) is 31.3 Å². The van der Waals surface area contributed by atoms with Crippen LogP contribution in [0.15, 0.2) is 34.7 Å². The molecule has 0 spiro atoms. The molecule has 0 radical (unpaired) electrons. The van der Waals surface area contributed by atoms with Gasteiger partial charge in [0.1, 0.15) is 5.58 Å². The van der Waals surface area contributed by atoms with E-state index < -0.39 is 0 Å². The number of furan rings is 1. The van der Waals surface area contributed by atoms with Gasteiger partial charge in [-0.1, -0.05) is 18.2 Å². The van der Waals surface area contributed by atoms with E-state index >= 15 is 0 Å². The number of nitrogens with one attached hydrogen (secondary N) is 2. The van der Waals surface area contributed by atoms with Gasteiger partial charge in [0, 0.05) is 11.9 Å². The molecule has 18 heavy (non-hydrogen) atoms. The molecule has 4 nitrogen and oxygen atoms in total. The second-order valence-corrected chi connectivity index (χ2v) is 3.86. The van der Waals surface area contributed by atoms with E-state index in [-0.39, 0.29) is 18.3 Å². The molecule has 2 N–H and O–H groups in total. The first-order valence-electron chi connectivity index (χ1n) is 5.72. The van der Waals surface area contributed by atoms with Crippen molar-refractivity contribution >= 4 is 29.3 Å². The molecule has 2 aromatic rings. The highest BCUT2D eigenvalue weighted by molar-refractivity contribution is 5.95. The Balaban J connectivity index is 0.00000162. The van der Waals surface area contributed by atoms with Crippen molar-refractivity contribution in [2.45, 2.75) is 6.42 Å². The molecular weight excluding hydrogens is 252 g/mol. The second-order valence-electron chi connectivity index (χ2n) is 3.86. The summed E-state index contributed by atoms with van der Waals surface area (Å²) in [6, 6.07) is 9.36. The maximum atomic E-state index is 11.8. The number of carbonyl (C=O) groups excluding carboxylic acids is 1. The molecule has 2 rings (SSSR count). The zero-order chi connectivity index (χ0) is 12.1. The van der Waals surface area contributed by atoms with Crippen LogP contribution < -0.4 is 10.6 Å². The van der Waals surface area contributed by atoms with Crippen LogP contribution in [0.3, 0.4) is 0 Å². The summed E-state index contributed by atoms with van der Waals surface area (Å²) in [6.45, 7) is 1.54. The summed E-state index contributed by atoms with van der Waals surface area (Å²) in [4.78, 5) is 11.8. The number of halogens is 1. The van der Waals surface area contributed by atoms with Gasteiger partial charge in [-0.05, 0) is 32.1 Å². The lowest BCUT2D eigenvalue weighted by atomic mass is 10.2. The molecule has 0 saturated carbocycles. The monoisotopic (exact) mass is 268 g/mol. The van der Waals surface area contributed by atoms with Gasteiger partial charge >= 0.3 is 0 Å². The standard InChI is InChI=1S/C13H16N2O2.ClH/c1-14-7-4-8-15-13(16)12-9-10-5-2-3-6-11(10)17-12;/h2-3,5-6,9,14H,4,7-8H2,1H3,(H,15,16);1H. The third-order valence-electron chi connectivity index (χ3n) is 2.54. The average molecular weight is 269 g/mol. The molecule has 1 heterocycles. The van der Waals surface area contributed by atoms with Crippen LogP contribution in [-0.2, 0) is 0 Å². The lowest BCUT2D eigenvalue weighted by Gasteiger charge is -2.01. The summed E-state index contributed by atoms with van der Waals surface area (Å²) in [5, 5.41) is 6.80. The predicted molar refractivity (Wildman–Crippen MR) is 74.3 cm³/mol. The molecular formula is C13H17ClN2O2. The minimum absolute atomic E-state index is 0. The Kier molecular flexibility index (Phi) is 5.68. The molecule has 0 unspecified atom stereocenters. The van der Waals surface area contributed by atoms with Crippen LogP contribution in [0.2, 0.25) is 0 Å². The van der Waals surface area contributed by atoms with Crippen molar-refractivity contribution < 1.29 is 9.21 Å². The van der Waals surface area contributed by atoms with Gasteiger partial charge < -0.3 is 15.1 Å². The summed E-state index contributed by atoms with van der Waals surface area (Å²) in [7, 11) is 1.89. The van der Waals surface area contributed by atoms with Crippen molar-refractivity contribution in [3.05, 3.63) is 36.1 Å². The number of fused-ring (bicyclic) bond motifs is 1. The predicted octanol–water partition coefficient (Wildman–Crippen LogP) is 2.19. The van der Waals surface area contributed by atoms with E-state index in [4.69, 9.17) is 4.42 Å². The Morgan fingerprint density at radius 1 is 1.28 bits per heavy atom. The molecule has 5 heteroatoms. The Hall–Kier alpha value is -1.52. The van der Waals surface area contributed by atoms with Crippen LogP contribution >= 0.6 is 12.4 Å². The van der Waals surface area contributed by atoms with Gasteiger partial charge in [-0.25, -0.2) is 0 Å². The topological polar surface area (TPSA) is 54.3 Å². The normalized spacial score (nSPS) is 10.1. The Morgan fingerprint density at radius 2 is 2.06 bits per heavy atom. The third-order valence-corrected chi connectivity index (χ3v) is 2.54. The molecule has 1 aromatic carbocycles. The van der Waals surface area contributed by atoms with Gasteiger partial charge in [0.2, 0.25) is 0 Å². The molecule has 0 fully saturated rings. The zero-order valence-corrected chi connectivity index (χ0v) is 11.0. The quantitative estimate of drug-likeness (QED) is 0.818. The Morgan fingerprint density at radius 3 is 2.78 bits per heavy atom. The fourth-order valence-electron chi connectivity index (χ4n) is 1.65. The van der Waals surface area contributed by atoms with Gasteiger partial charge in [0.05, 0.1) is 0 Å². The smallest absolute Gasteiger partial charge is 0.287 e. The maximum absolute atomic E-state index is 11.8. The first-order chi connectivity index (χ1) is 8.31. The highest BCUT2D eigenvalue weighted by Crippen LogP contribution is 2.18. The summed E-state index contributed by atoms with van der Waals surface area (Å²) in [5.74, 6) is 0.216. The van der Waals surface area contributed by atoms with Gasteiger partial charge in [-0.3, -0.25) is 4.79 Å². The van der Waals surface area contributed by atoms with Gasteiger partial charge in [-0.2, -0.15) is 0 Å². The van der Waals surface area contributed by atoms with Gasteiger partial charge in [0.25, 0.3) is 5.91 Å².